The number of nitrogens with zero attached hydrogens (tertiary/aromatic N) is 2. The molecule has 3 rings (SSSR count). The molecule has 0 atom stereocenters. The molecule has 0 radical (unpaired) electrons. The highest BCUT2D eigenvalue weighted by Crippen LogP contribution is 2.40. The van der Waals surface area contributed by atoms with Crippen LogP contribution in [0.4, 0.5) is 0 Å². The Hall–Kier alpha value is -0.670. The lowest BCUT2D eigenvalue weighted by Gasteiger charge is -2.28. The second-order valence-corrected chi connectivity index (χ2v) is 5.41. The first kappa shape index (κ1) is 9.55. The molecule has 80 valence electrons. The normalized spacial score (nSPS) is 25.1. The molecule has 1 aromatic rings. The van der Waals surface area contributed by atoms with Crippen molar-refractivity contribution in [3.8, 4) is 0 Å². The Morgan fingerprint density at radius 2 is 2.13 bits per heavy atom. The molecule has 0 bridgehead atoms. The number of fused-ring (bicyclic) bond motifs is 1. The Labute approximate surface area is 94.8 Å². The van der Waals surface area contributed by atoms with Gasteiger partial charge in [0, 0.05) is 16.6 Å². The van der Waals surface area contributed by atoms with Crippen LogP contribution in [0.5, 0.6) is 0 Å². The summed E-state index contributed by atoms with van der Waals surface area (Å²) >= 11 is 1.58. The van der Waals surface area contributed by atoms with Gasteiger partial charge < -0.3 is 0 Å². The zero-order valence-electron chi connectivity index (χ0n) is 8.85. The zero-order valence-corrected chi connectivity index (χ0v) is 9.67. The van der Waals surface area contributed by atoms with Gasteiger partial charge in [-0.25, -0.2) is 4.37 Å². The summed E-state index contributed by atoms with van der Waals surface area (Å²) in [6.07, 6.45) is 12.0. The molecule has 2 aliphatic heterocycles. The van der Waals surface area contributed by atoms with E-state index in [0.29, 0.717) is 5.54 Å². The SMILES string of the molecule is C(=C/C12CCCN1CCC2)/c1ccns1. The largest absolute Gasteiger partial charge is 0.294 e. The number of hydrogen-bond acceptors (Lipinski definition) is 3. The van der Waals surface area contributed by atoms with Gasteiger partial charge in [0.25, 0.3) is 0 Å². The maximum absolute atomic E-state index is 4.13. The van der Waals surface area contributed by atoms with E-state index in [9.17, 15) is 0 Å². The predicted molar refractivity (Wildman–Crippen MR) is 63.9 cm³/mol. The molecule has 2 fully saturated rings. The van der Waals surface area contributed by atoms with Crippen LogP contribution in [0, 0.1) is 0 Å². The summed E-state index contributed by atoms with van der Waals surface area (Å²) in [6.45, 7) is 2.60. The molecule has 1 aromatic heterocycles. The van der Waals surface area contributed by atoms with Gasteiger partial charge in [0.1, 0.15) is 0 Å². The Balaban J connectivity index is 1.81. The van der Waals surface area contributed by atoms with Crippen molar-refractivity contribution in [3.63, 3.8) is 0 Å². The van der Waals surface area contributed by atoms with Crippen LogP contribution in [0.15, 0.2) is 18.3 Å². The van der Waals surface area contributed by atoms with Crippen LogP contribution in [0.2, 0.25) is 0 Å². The van der Waals surface area contributed by atoms with Gasteiger partial charge in [0.05, 0.1) is 0 Å². The van der Waals surface area contributed by atoms with Crippen LogP contribution in [0.25, 0.3) is 6.08 Å². The van der Waals surface area contributed by atoms with Crippen LogP contribution in [0.1, 0.15) is 30.6 Å². The molecule has 0 saturated carbocycles. The topological polar surface area (TPSA) is 16.1 Å². The van der Waals surface area contributed by atoms with Crippen LogP contribution < -0.4 is 0 Å². The third-order valence-electron chi connectivity index (χ3n) is 3.72. The van der Waals surface area contributed by atoms with Gasteiger partial charge >= 0.3 is 0 Å². The van der Waals surface area contributed by atoms with Gasteiger partial charge in [0.15, 0.2) is 0 Å². The molecule has 0 aromatic carbocycles. The van der Waals surface area contributed by atoms with Crippen molar-refractivity contribution in [2.75, 3.05) is 13.1 Å². The lowest BCUT2D eigenvalue weighted by molar-refractivity contribution is 0.251. The fourth-order valence-electron chi connectivity index (χ4n) is 2.97. The standard InChI is InChI=1S/C12H16N2S/c1-5-12(6-2-10-14(12)9-1)7-3-11-4-8-13-15-11/h3-4,7-8H,1-2,5-6,9-10H2/b7-3-. The molecule has 0 unspecified atom stereocenters. The van der Waals surface area contributed by atoms with Crippen molar-refractivity contribution in [3.05, 3.63) is 23.2 Å². The van der Waals surface area contributed by atoms with Crippen molar-refractivity contribution in [2.24, 2.45) is 0 Å². The summed E-state index contributed by atoms with van der Waals surface area (Å²) in [5.74, 6) is 0. The molecule has 3 heterocycles. The zero-order chi connectivity index (χ0) is 10.1. The summed E-state index contributed by atoms with van der Waals surface area (Å²) in [6, 6.07) is 2.09. The summed E-state index contributed by atoms with van der Waals surface area (Å²) < 4.78 is 4.13. The van der Waals surface area contributed by atoms with E-state index < -0.39 is 0 Å². The minimum Gasteiger partial charge on any atom is -0.294 e. The summed E-state index contributed by atoms with van der Waals surface area (Å²) in [7, 11) is 0. The van der Waals surface area contributed by atoms with E-state index in [0.717, 1.165) is 0 Å². The molecule has 0 aliphatic carbocycles. The highest BCUT2D eigenvalue weighted by atomic mass is 32.1. The fraction of sp³-hybridized carbons (Fsp3) is 0.583. The number of hydrogen-bond donors (Lipinski definition) is 0. The summed E-state index contributed by atoms with van der Waals surface area (Å²) in [4.78, 5) is 3.94. The second-order valence-electron chi connectivity index (χ2n) is 4.55. The molecule has 2 aliphatic rings. The van der Waals surface area contributed by atoms with E-state index in [1.807, 2.05) is 6.20 Å². The van der Waals surface area contributed by atoms with Crippen LogP contribution in [-0.2, 0) is 0 Å². The van der Waals surface area contributed by atoms with Gasteiger partial charge in [0.2, 0.25) is 0 Å². The average Bonchev–Trinajstić information content (AvgIpc) is 2.91. The summed E-state index contributed by atoms with van der Waals surface area (Å²) in [5.41, 5.74) is 0.407. The molecule has 2 saturated heterocycles. The van der Waals surface area contributed by atoms with E-state index in [-0.39, 0.29) is 0 Å². The first-order valence-electron chi connectivity index (χ1n) is 5.74. The molecule has 15 heavy (non-hydrogen) atoms. The van der Waals surface area contributed by atoms with Crippen molar-refractivity contribution in [2.45, 2.75) is 31.2 Å². The maximum Gasteiger partial charge on any atom is 0.0474 e. The first-order chi connectivity index (χ1) is 7.39. The fourth-order valence-corrected chi connectivity index (χ4v) is 3.47. The maximum atomic E-state index is 4.13. The average molecular weight is 220 g/mol. The van der Waals surface area contributed by atoms with Crippen molar-refractivity contribution < 1.29 is 0 Å². The third kappa shape index (κ3) is 1.64. The molecule has 0 spiro atoms. The first-order valence-corrected chi connectivity index (χ1v) is 6.51. The third-order valence-corrected chi connectivity index (χ3v) is 4.43. The molecule has 0 amide bonds. The second kappa shape index (κ2) is 3.72. The lowest BCUT2D eigenvalue weighted by Crippen LogP contribution is -2.35. The van der Waals surface area contributed by atoms with E-state index >= 15 is 0 Å². The minimum absolute atomic E-state index is 0.407. The van der Waals surface area contributed by atoms with Gasteiger partial charge in [-0.2, -0.15) is 0 Å². The van der Waals surface area contributed by atoms with Crippen LogP contribution >= 0.6 is 11.5 Å². The van der Waals surface area contributed by atoms with Crippen molar-refractivity contribution in [1.82, 2.24) is 9.27 Å². The van der Waals surface area contributed by atoms with E-state index in [1.165, 1.54) is 43.6 Å². The van der Waals surface area contributed by atoms with Gasteiger partial charge in [-0.15, -0.1) is 0 Å². The lowest BCUT2D eigenvalue weighted by atomic mass is 9.93. The molecular formula is C12H16N2S. The molecule has 0 N–H and O–H groups in total. The molecule has 3 heteroatoms. The molecule has 2 nitrogen and oxygen atoms in total. The molecular weight excluding hydrogens is 204 g/mol. The van der Waals surface area contributed by atoms with Crippen molar-refractivity contribution >= 4 is 17.6 Å². The Morgan fingerprint density at radius 3 is 2.80 bits per heavy atom. The van der Waals surface area contributed by atoms with E-state index in [1.54, 1.807) is 11.5 Å². The Morgan fingerprint density at radius 1 is 1.33 bits per heavy atom. The van der Waals surface area contributed by atoms with Crippen LogP contribution in [0.3, 0.4) is 0 Å². The minimum atomic E-state index is 0.407. The number of rotatable bonds is 2. The highest BCUT2D eigenvalue weighted by Gasteiger charge is 2.41. The Bertz CT molecular complexity index is 346. The van der Waals surface area contributed by atoms with Gasteiger partial charge in [-0.05, 0) is 62.4 Å². The van der Waals surface area contributed by atoms with E-state index in [4.69, 9.17) is 0 Å². The quantitative estimate of drug-likeness (QED) is 0.762. The number of aromatic nitrogens is 1. The van der Waals surface area contributed by atoms with Gasteiger partial charge in [-0.1, -0.05) is 6.08 Å². The van der Waals surface area contributed by atoms with Gasteiger partial charge in [-0.3, -0.25) is 4.90 Å². The predicted octanol–water partition coefficient (Wildman–Crippen LogP) is 2.78. The van der Waals surface area contributed by atoms with E-state index in [2.05, 4.69) is 27.5 Å². The Kier molecular flexibility index (Phi) is 2.37. The highest BCUT2D eigenvalue weighted by molar-refractivity contribution is 7.06. The smallest absolute Gasteiger partial charge is 0.0474 e. The van der Waals surface area contributed by atoms with Crippen molar-refractivity contribution in [1.29, 1.82) is 0 Å². The summed E-state index contributed by atoms with van der Waals surface area (Å²) in [5, 5.41) is 0. The monoisotopic (exact) mass is 220 g/mol. The van der Waals surface area contributed by atoms with Crippen LogP contribution in [-0.4, -0.2) is 27.9 Å².